The first kappa shape index (κ1) is 10.5. The molecule has 1 aromatic rings. The van der Waals surface area contributed by atoms with Gasteiger partial charge in [0.1, 0.15) is 11.5 Å². The molecule has 0 bridgehead atoms. The minimum atomic E-state index is 0.712. The van der Waals surface area contributed by atoms with Gasteiger partial charge in [-0.3, -0.25) is 0 Å². The van der Waals surface area contributed by atoms with Gasteiger partial charge in [-0.2, -0.15) is 0 Å². The van der Waals surface area contributed by atoms with Crippen LogP contribution in [0.15, 0.2) is 18.2 Å². The van der Waals surface area contributed by atoms with Gasteiger partial charge in [0.15, 0.2) is 0 Å². The average Bonchev–Trinajstić information content (AvgIpc) is 2.25. The van der Waals surface area contributed by atoms with Crippen LogP contribution in [0.5, 0.6) is 11.5 Å². The second kappa shape index (κ2) is 5.18. The Hall–Kier alpha value is -1.62. The molecular weight excluding hydrogens is 176 g/mol. The number of terminal acetylenes is 1. The first-order valence-corrected chi connectivity index (χ1v) is 4.46. The summed E-state index contributed by atoms with van der Waals surface area (Å²) in [5.41, 5.74) is 1.09. The summed E-state index contributed by atoms with van der Waals surface area (Å²) >= 11 is 0. The number of methoxy groups -OCH3 is 2. The molecular formula is C12H14O2. The third-order valence-electron chi connectivity index (χ3n) is 2.03. The van der Waals surface area contributed by atoms with Crippen LogP contribution in [0.2, 0.25) is 0 Å². The number of hydrogen-bond donors (Lipinski definition) is 0. The van der Waals surface area contributed by atoms with Crippen molar-refractivity contribution in [2.45, 2.75) is 12.8 Å². The van der Waals surface area contributed by atoms with E-state index in [1.54, 1.807) is 14.2 Å². The molecule has 2 heteroatoms. The van der Waals surface area contributed by atoms with E-state index in [4.69, 9.17) is 15.9 Å². The molecule has 0 aliphatic heterocycles. The number of rotatable bonds is 4. The second-order valence-electron chi connectivity index (χ2n) is 2.88. The van der Waals surface area contributed by atoms with Crippen molar-refractivity contribution in [3.8, 4) is 23.8 Å². The predicted molar refractivity (Wildman–Crippen MR) is 56.7 cm³/mol. The van der Waals surface area contributed by atoms with Crippen LogP contribution in [0.1, 0.15) is 12.0 Å². The monoisotopic (exact) mass is 190 g/mol. The van der Waals surface area contributed by atoms with Crippen molar-refractivity contribution < 1.29 is 9.47 Å². The molecule has 0 fully saturated rings. The molecule has 0 saturated carbocycles. The summed E-state index contributed by atoms with van der Waals surface area (Å²) in [5, 5.41) is 0. The molecule has 0 spiro atoms. The molecule has 0 aliphatic rings. The van der Waals surface area contributed by atoms with Gasteiger partial charge in [-0.1, -0.05) is 0 Å². The smallest absolute Gasteiger partial charge is 0.122 e. The summed E-state index contributed by atoms with van der Waals surface area (Å²) in [4.78, 5) is 0. The van der Waals surface area contributed by atoms with E-state index in [1.165, 1.54) is 0 Å². The Labute approximate surface area is 84.8 Å². The van der Waals surface area contributed by atoms with Crippen molar-refractivity contribution in [2.24, 2.45) is 0 Å². The molecule has 0 aliphatic carbocycles. The van der Waals surface area contributed by atoms with Crippen LogP contribution >= 0.6 is 0 Å². The van der Waals surface area contributed by atoms with Crippen LogP contribution in [-0.2, 0) is 6.42 Å². The zero-order valence-electron chi connectivity index (χ0n) is 8.54. The van der Waals surface area contributed by atoms with E-state index in [2.05, 4.69) is 5.92 Å². The Morgan fingerprint density at radius 1 is 1.29 bits per heavy atom. The van der Waals surface area contributed by atoms with Crippen molar-refractivity contribution >= 4 is 0 Å². The highest BCUT2D eigenvalue weighted by atomic mass is 16.5. The summed E-state index contributed by atoms with van der Waals surface area (Å²) in [6, 6.07) is 5.72. The minimum Gasteiger partial charge on any atom is -0.497 e. The van der Waals surface area contributed by atoms with Gasteiger partial charge in [0.05, 0.1) is 14.2 Å². The van der Waals surface area contributed by atoms with Crippen LogP contribution in [0, 0.1) is 12.3 Å². The maximum atomic E-state index is 5.22. The Bertz CT molecular complexity index is 337. The molecule has 1 rings (SSSR count). The fraction of sp³-hybridized carbons (Fsp3) is 0.333. The van der Waals surface area contributed by atoms with E-state index in [9.17, 15) is 0 Å². The molecule has 0 N–H and O–H groups in total. The molecule has 0 atom stereocenters. The fourth-order valence-corrected chi connectivity index (χ4v) is 1.28. The Balaban J connectivity index is 2.91. The Morgan fingerprint density at radius 2 is 2.07 bits per heavy atom. The minimum absolute atomic E-state index is 0.712. The van der Waals surface area contributed by atoms with Crippen LogP contribution in [0.25, 0.3) is 0 Å². The highest BCUT2D eigenvalue weighted by molar-refractivity contribution is 5.40. The third kappa shape index (κ3) is 2.43. The van der Waals surface area contributed by atoms with Gasteiger partial charge in [0.25, 0.3) is 0 Å². The summed E-state index contributed by atoms with van der Waals surface area (Å²) in [6.45, 7) is 0. The first-order valence-electron chi connectivity index (χ1n) is 4.46. The quantitative estimate of drug-likeness (QED) is 0.678. The molecule has 0 saturated heterocycles. The molecule has 74 valence electrons. The second-order valence-corrected chi connectivity index (χ2v) is 2.88. The lowest BCUT2D eigenvalue weighted by Gasteiger charge is -2.08. The molecule has 0 heterocycles. The summed E-state index contributed by atoms with van der Waals surface area (Å²) in [5.74, 6) is 4.30. The SMILES string of the molecule is C#CCCc1cc(OC)ccc1OC. The van der Waals surface area contributed by atoms with Crippen molar-refractivity contribution in [3.63, 3.8) is 0 Å². The number of ether oxygens (including phenoxy) is 2. The van der Waals surface area contributed by atoms with Crippen LogP contribution in [-0.4, -0.2) is 14.2 Å². The molecule has 0 radical (unpaired) electrons. The van der Waals surface area contributed by atoms with Gasteiger partial charge in [-0.15, -0.1) is 12.3 Å². The van der Waals surface area contributed by atoms with Gasteiger partial charge < -0.3 is 9.47 Å². The Morgan fingerprint density at radius 3 is 2.64 bits per heavy atom. The molecule has 0 unspecified atom stereocenters. The predicted octanol–water partition coefficient (Wildman–Crippen LogP) is 2.27. The highest BCUT2D eigenvalue weighted by Crippen LogP contribution is 2.24. The number of aryl methyl sites for hydroxylation is 1. The highest BCUT2D eigenvalue weighted by Gasteiger charge is 2.03. The number of benzene rings is 1. The van der Waals surface area contributed by atoms with E-state index in [-0.39, 0.29) is 0 Å². The maximum absolute atomic E-state index is 5.22. The van der Waals surface area contributed by atoms with E-state index in [1.807, 2.05) is 18.2 Å². The van der Waals surface area contributed by atoms with Crippen molar-refractivity contribution in [2.75, 3.05) is 14.2 Å². The molecule has 0 amide bonds. The van der Waals surface area contributed by atoms with Gasteiger partial charge >= 0.3 is 0 Å². The fourth-order valence-electron chi connectivity index (χ4n) is 1.28. The van der Waals surface area contributed by atoms with Crippen molar-refractivity contribution in [3.05, 3.63) is 23.8 Å². The lowest BCUT2D eigenvalue weighted by Crippen LogP contribution is -1.93. The zero-order chi connectivity index (χ0) is 10.4. The largest absolute Gasteiger partial charge is 0.497 e. The van der Waals surface area contributed by atoms with E-state index in [0.717, 1.165) is 23.5 Å². The van der Waals surface area contributed by atoms with Gasteiger partial charge in [0, 0.05) is 6.42 Å². The van der Waals surface area contributed by atoms with Gasteiger partial charge in [0.2, 0.25) is 0 Å². The van der Waals surface area contributed by atoms with E-state index in [0.29, 0.717) is 6.42 Å². The van der Waals surface area contributed by atoms with Crippen LogP contribution in [0.3, 0.4) is 0 Å². The van der Waals surface area contributed by atoms with Crippen molar-refractivity contribution in [1.82, 2.24) is 0 Å². The van der Waals surface area contributed by atoms with E-state index < -0.39 is 0 Å². The normalized spacial score (nSPS) is 9.21. The molecule has 1 aromatic carbocycles. The standard InChI is InChI=1S/C12H14O2/c1-4-5-6-10-9-11(13-2)7-8-12(10)14-3/h1,7-9H,5-6H2,2-3H3. The van der Waals surface area contributed by atoms with E-state index >= 15 is 0 Å². The topological polar surface area (TPSA) is 18.5 Å². The van der Waals surface area contributed by atoms with Crippen molar-refractivity contribution in [1.29, 1.82) is 0 Å². The molecule has 14 heavy (non-hydrogen) atoms. The summed E-state index contributed by atoms with van der Waals surface area (Å²) in [6.07, 6.45) is 6.74. The average molecular weight is 190 g/mol. The number of hydrogen-bond acceptors (Lipinski definition) is 2. The first-order chi connectivity index (χ1) is 6.81. The third-order valence-corrected chi connectivity index (χ3v) is 2.03. The van der Waals surface area contributed by atoms with Gasteiger partial charge in [-0.25, -0.2) is 0 Å². The Kier molecular flexibility index (Phi) is 3.87. The van der Waals surface area contributed by atoms with Gasteiger partial charge in [-0.05, 0) is 30.2 Å². The molecule has 0 aromatic heterocycles. The molecule has 2 nitrogen and oxygen atoms in total. The summed E-state index contributed by atoms with van der Waals surface area (Å²) in [7, 11) is 3.30. The van der Waals surface area contributed by atoms with Crippen LogP contribution in [0.4, 0.5) is 0 Å². The maximum Gasteiger partial charge on any atom is 0.122 e. The lowest BCUT2D eigenvalue weighted by atomic mass is 10.1. The summed E-state index contributed by atoms with van der Waals surface area (Å²) < 4.78 is 10.3. The van der Waals surface area contributed by atoms with Crippen LogP contribution < -0.4 is 9.47 Å². The zero-order valence-corrected chi connectivity index (χ0v) is 8.54. The lowest BCUT2D eigenvalue weighted by molar-refractivity contribution is 0.399.